The smallest absolute Gasteiger partial charge is 0.316 e. The number of nitrogens with zero attached hydrogens (tertiary/aromatic N) is 1. The van der Waals surface area contributed by atoms with Crippen LogP contribution in [0.1, 0.15) is 10.6 Å². The summed E-state index contributed by atoms with van der Waals surface area (Å²) < 4.78 is 9.67. The number of thioether (sulfide) groups is 1. The van der Waals surface area contributed by atoms with E-state index in [9.17, 15) is 14.4 Å². The molecule has 0 unspecified atom stereocenters. The molecule has 0 aliphatic rings. The number of esters is 1. The second kappa shape index (κ2) is 9.84. The molecule has 0 spiro atoms. The van der Waals surface area contributed by atoms with Gasteiger partial charge >= 0.3 is 5.97 Å². The fourth-order valence-electron chi connectivity index (χ4n) is 1.67. The molecule has 0 aliphatic heterocycles. The molecule has 25 heavy (non-hydrogen) atoms. The van der Waals surface area contributed by atoms with E-state index in [-0.39, 0.29) is 29.9 Å². The standard InChI is InChI=1S/C15H17N3O5S2/c1-10-5-12(18-23-10)17-14(20)8-24-9-15(21)22-7-13(19)16-6-11-3-2-4-25-11/h2-5H,6-9H2,1H3,(H,16,19)(H,17,18,20). The number of hydrogen-bond acceptors (Lipinski definition) is 8. The molecule has 0 aromatic carbocycles. The van der Waals surface area contributed by atoms with Gasteiger partial charge < -0.3 is 19.9 Å². The summed E-state index contributed by atoms with van der Waals surface area (Å²) in [6.45, 7) is 1.78. The number of carbonyl (C=O) groups excluding carboxylic acids is 3. The summed E-state index contributed by atoms with van der Waals surface area (Å²) in [4.78, 5) is 35.8. The first-order chi connectivity index (χ1) is 12.0. The van der Waals surface area contributed by atoms with Crippen molar-refractivity contribution < 1.29 is 23.6 Å². The first kappa shape index (κ1) is 19.0. The van der Waals surface area contributed by atoms with Crippen LogP contribution in [0.3, 0.4) is 0 Å². The zero-order valence-corrected chi connectivity index (χ0v) is 15.1. The van der Waals surface area contributed by atoms with E-state index in [0.29, 0.717) is 18.1 Å². The van der Waals surface area contributed by atoms with E-state index in [0.717, 1.165) is 16.6 Å². The monoisotopic (exact) mass is 383 g/mol. The molecule has 0 atom stereocenters. The maximum atomic E-state index is 11.6. The van der Waals surface area contributed by atoms with Crippen LogP contribution in [0.15, 0.2) is 28.1 Å². The summed E-state index contributed by atoms with van der Waals surface area (Å²) in [7, 11) is 0. The van der Waals surface area contributed by atoms with Crippen molar-refractivity contribution in [1.29, 1.82) is 0 Å². The number of ether oxygens (including phenoxy) is 1. The summed E-state index contributed by atoms with van der Waals surface area (Å²) >= 11 is 2.61. The SMILES string of the molecule is Cc1cc(NC(=O)CSCC(=O)OCC(=O)NCc2cccs2)no1. The summed E-state index contributed by atoms with van der Waals surface area (Å²) in [6.07, 6.45) is 0. The van der Waals surface area contributed by atoms with Crippen LogP contribution in [0, 0.1) is 6.92 Å². The van der Waals surface area contributed by atoms with Crippen molar-refractivity contribution in [2.24, 2.45) is 0 Å². The Kier molecular flexibility index (Phi) is 7.48. The van der Waals surface area contributed by atoms with Gasteiger partial charge in [0.25, 0.3) is 5.91 Å². The van der Waals surface area contributed by atoms with Gasteiger partial charge in [0.2, 0.25) is 5.91 Å². The van der Waals surface area contributed by atoms with E-state index in [1.54, 1.807) is 13.0 Å². The number of aromatic nitrogens is 1. The fraction of sp³-hybridized carbons (Fsp3) is 0.333. The first-order valence-corrected chi connectivity index (χ1v) is 9.32. The van der Waals surface area contributed by atoms with E-state index in [1.165, 1.54) is 11.3 Å². The minimum atomic E-state index is -0.554. The summed E-state index contributed by atoms with van der Waals surface area (Å²) in [5.41, 5.74) is 0. The minimum Gasteiger partial charge on any atom is -0.455 e. The van der Waals surface area contributed by atoms with Gasteiger partial charge in [-0.1, -0.05) is 11.2 Å². The predicted molar refractivity (Wildman–Crippen MR) is 94.3 cm³/mol. The molecule has 10 heteroatoms. The van der Waals surface area contributed by atoms with Crippen LogP contribution in [0.2, 0.25) is 0 Å². The number of aryl methyl sites for hydroxylation is 1. The first-order valence-electron chi connectivity index (χ1n) is 7.28. The van der Waals surface area contributed by atoms with Crippen LogP contribution in [-0.2, 0) is 25.7 Å². The van der Waals surface area contributed by atoms with E-state index in [1.807, 2.05) is 17.5 Å². The Morgan fingerprint density at radius 2 is 2.16 bits per heavy atom. The molecular formula is C15H17N3O5S2. The maximum absolute atomic E-state index is 11.6. The van der Waals surface area contributed by atoms with Gasteiger partial charge in [0, 0.05) is 10.9 Å². The molecule has 2 aromatic heterocycles. The molecule has 0 bridgehead atoms. The van der Waals surface area contributed by atoms with Crippen molar-refractivity contribution in [2.75, 3.05) is 23.4 Å². The minimum absolute atomic E-state index is 0.0243. The van der Waals surface area contributed by atoms with Crippen molar-refractivity contribution >= 4 is 46.7 Å². The lowest BCUT2D eigenvalue weighted by Crippen LogP contribution is -2.28. The number of hydrogen-bond donors (Lipinski definition) is 2. The van der Waals surface area contributed by atoms with E-state index in [4.69, 9.17) is 9.26 Å². The van der Waals surface area contributed by atoms with Gasteiger partial charge in [0.05, 0.1) is 18.1 Å². The summed E-state index contributed by atoms with van der Waals surface area (Å²) in [5.74, 6) is -0.279. The topological polar surface area (TPSA) is 111 Å². The predicted octanol–water partition coefficient (Wildman–Crippen LogP) is 1.58. The maximum Gasteiger partial charge on any atom is 0.316 e. The Morgan fingerprint density at radius 3 is 2.84 bits per heavy atom. The molecular weight excluding hydrogens is 366 g/mol. The quantitative estimate of drug-likeness (QED) is 0.633. The van der Waals surface area contributed by atoms with Gasteiger partial charge in [-0.15, -0.1) is 23.1 Å². The molecule has 0 saturated carbocycles. The van der Waals surface area contributed by atoms with Gasteiger partial charge in [0.15, 0.2) is 12.4 Å². The fourth-order valence-corrected chi connectivity index (χ4v) is 2.92. The van der Waals surface area contributed by atoms with Crippen LogP contribution in [0.5, 0.6) is 0 Å². The lowest BCUT2D eigenvalue weighted by Gasteiger charge is -2.05. The number of anilines is 1. The van der Waals surface area contributed by atoms with Crippen LogP contribution in [-0.4, -0.2) is 41.1 Å². The van der Waals surface area contributed by atoms with Crippen LogP contribution >= 0.6 is 23.1 Å². The second-order valence-electron chi connectivity index (χ2n) is 4.88. The van der Waals surface area contributed by atoms with Gasteiger partial charge in [-0.2, -0.15) is 0 Å². The van der Waals surface area contributed by atoms with Crippen molar-refractivity contribution in [1.82, 2.24) is 10.5 Å². The lowest BCUT2D eigenvalue weighted by atomic mass is 10.4. The van der Waals surface area contributed by atoms with Crippen LogP contribution < -0.4 is 10.6 Å². The van der Waals surface area contributed by atoms with Crippen molar-refractivity contribution in [2.45, 2.75) is 13.5 Å². The van der Waals surface area contributed by atoms with Crippen molar-refractivity contribution in [3.8, 4) is 0 Å². The number of thiophene rings is 1. The van der Waals surface area contributed by atoms with Crippen molar-refractivity contribution in [3.05, 3.63) is 34.2 Å². The number of rotatable bonds is 9. The van der Waals surface area contributed by atoms with Gasteiger partial charge in [0.1, 0.15) is 5.76 Å². The Bertz CT molecular complexity index is 715. The molecule has 0 fully saturated rings. The highest BCUT2D eigenvalue weighted by Crippen LogP contribution is 2.09. The average Bonchev–Trinajstić information content (AvgIpc) is 3.22. The molecule has 2 aromatic rings. The van der Waals surface area contributed by atoms with Gasteiger partial charge in [-0.3, -0.25) is 14.4 Å². The summed E-state index contributed by atoms with van der Waals surface area (Å²) in [6, 6.07) is 5.38. The normalized spacial score (nSPS) is 10.3. The highest BCUT2D eigenvalue weighted by molar-refractivity contribution is 8.00. The third-order valence-corrected chi connectivity index (χ3v) is 4.54. The lowest BCUT2D eigenvalue weighted by molar-refractivity contribution is -0.145. The molecule has 0 saturated heterocycles. The molecule has 2 heterocycles. The highest BCUT2D eigenvalue weighted by atomic mass is 32.2. The molecule has 0 radical (unpaired) electrons. The van der Waals surface area contributed by atoms with Gasteiger partial charge in [-0.25, -0.2) is 0 Å². The number of amides is 2. The zero-order chi connectivity index (χ0) is 18.1. The highest BCUT2D eigenvalue weighted by Gasteiger charge is 2.10. The molecule has 2 rings (SSSR count). The Labute approximate surface area is 152 Å². The van der Waals surface area contributed by atoms with Crippen LogP contribution in [0.4, 0.5) is 5.82 Å². The molecule has 8 nitrogen and oxygen atoms in total. The Hall–Kier alpha value is -2.33. The van der Waals surface area contributed by atoms with Gasteiger partial charge in [-0.05, 0) is 18.4 Å². The molecule has 2 N–H and O–H groups in total. The molecule has 134 valence electrons. The Morgan fingerprint density at radius 1 is 1.32 bits per heavy atom. The van der Waals surface area contributed by atoms with E-state index in [2.05, 4.69) is 15.8 Å². The van der Waals surface area contributed by atoms with E-state index < -0.39 is 5.97 Å². The largest absolute Gasteiger partial charge is 0.455 e. The van der Waals surface area contributed by atoms with E-state index >= 15 is 0 Å². The molecule has 0 aliphatic carbocycles. The molecule has 2 amide bonds. The second-order valence-corrected chi connectivity index (χ2v) is 6.90. The number of carbonyl (C=O) groups is 3. The van der Waals surface area contributed by atoms with Crippen LogP contribution in [0.25, 0.3) is 0 Å². The number of nitrogens with one attached hydrogen (secondary N) is 2. The average molecular weight is 383 g/mol. The summed E-state index contributed by atoms with van der Waals surface area (Å²) in [5, 5.41) is 10.7. The zero-order valence-electron chi connectivity index (χ0n) is 13.4. The third kappa shape index (κ3) is 7.40. The Balaban J connectivity index is 1.54. The third-order valence-electron chi connectivity index (χ3n) is 2.75. The van der Waals surface area contributed by atoms with Crippen molar-refractivity contribution in [3.63, 3.8) is 0 Å².